The first-order valence-corrected chi connectivity index (χ1v) is 10.1. The number of amides is 3. The molecule has 0 atom stereocenters. The molecule has 2 aromatic heterocycles. The van der Waals surface area contributed by atoms with E-state index < -0.39 is 0 Å². The van der Waals surface area contributed by atoms with Crippen LogP contribution in [0.1, 0.15) is 27.5 Å². The smallest absolute Gasteiger partial charge is 0.319 e. The van der Waals surface area contributed by atoms with Crippen molar-refractivity contribution in [2.45, 2.75) is 20.4 Å². The second-order valence-corrected chi connectivity index (χ2v) is 7.21. The molecule has 2 aromatic carbocycles. The SMILES string of the molecule is Cc1nn(-c2ccccc2)c(C)c1C(=O)Nc1ccc(NC(=O)NCc2ccco2)cc1. The maximum atomic E-state index is 12.9. The van der Waals surface area contributed by atoms with Crippen LogP contribution in [-0.4, -0.2) is 21.7 Å². The summed E-state index contributed by atoms with van der Waals surface area (Å²) >= 11 is 0. The van der Waals surface area contributed by atoms with Gasteiger partial charge in [0.2, 0.25) is 0 Å². The van der Waals surface area contributed by atoms with E-state index in [1.165, 1.54) is 0 Å². The van der Waals surface area contributed by atoms with Crippen molar-refractivity contribution in [3.05, 3.63) is 95.7 Å². The van der Waals surface area contributed by atoms with E-state index in [0.29, 0.717) is 34.9 Å². The lowest BCUT2D eigenvalue weighted by molar-refractivity contribution is 0.102. The Bertz CT molecular complexity index is 1210. The van der Waals surface area contributed by atoms with Gasteiger partial charge in [0.15, 0.2) is 0 Å². The standard InChI is InChI=1S/C24H23N5O3/c1-16-22(17(2)29(28-16)20-7-4-3-5-8-20)23(30)26-18-10-12-19(13-11-18)27-24(31)25-15-21-9-6-14-32-21/h3-14H,15H2,1-2H3,(H,26,30)(H2,25,27,31). The Morgan fingerprint density at radius 1 is 0.906 bits per heavy atom. The lowest BCUT2D eigenvalue weighted by Gasteiger charge is -2.09. The number of hydrogen-bond acceptors (Lipinski definition) is 4. The number of nitrogens with zero attached hydrogens (tertiary/aromatic N) is 2. The zero-order valence-electron chi connectivity index (χ0n) is 17.8. The number of aryl methyl sites for hydroxylation is 1. The van der Waals surface area contributed by atoms with E-state index in [1.807, 2.05) is 44.2 Å². The number of benzene rings is 2. The minimum atomic E-state index is -0.349. The molecule has 0 radical (unpaired) electrons. The fourth-order valence-electron chi connectivity index (χ4n) is 3.38. The number of nitrogens with one attached hydrogen (secondary N) is 3. The summed E-state index contributed by atoms with van der Waals surface area (Å²) in [6.45, 7) is 3.98. The highest BCUT2D eigenvalue weighted by molar-refractivity contribution is 6.06. The Labute approximate surface area is 185 Å². The van der Waals surface area contributed by atoms with E-state index in [4.69, 9.17) is 4.42 Å². The Hall–Kier alpha value is -4.33. The molecule has 0 aliphatic rings. The summed E-state index contributed by atoms with van der Waals surface area (Å²) < 4.78 is 6.94. The molecule has 0 saturated heterocycles. The van der Waals surface area contributed by atoms with E-state index in [1.54, 1.807) is 47.3 Å². The van der Waals surface area contributed by atoms with Crippen molar-refractivity contribution < 1.29 is 14.0 Å². The average molecular weight is 429 g/mol. The lowest BCUT2D eigenvalue weighted by Crippen LogP contribution is -2.27. The van der Waals surface area contributed by atoms with E-state index in [0.717, 1.165) is 11.4 Å². The number of rotatable bonds is 6. The molecule has 2 heterocycles. The molecule has 0 bridgehead atoms. The average Bonchev–Trinajstić information content (AvgIpc) is 3.42. The lowest BCUT2D eigenvalue weighted by atomic mass is 10.1. The topological polar surface area (TPSA) is 101 Å². The van der Waals surface area contributed by atoms with E-state index in [2.05, 4.69) is 21.0 Å². The Morgan fingerprint density at radius 3 is 2.25 bits per heavy atom. The van der Waals surface area contributed by atoms with Crippen LogP contribution in [0.4, 0.5) is 16.2 Å². The summed E-state index contributed by atoms with van der Waals surface area (Å²) in [7, 11) is 0. The molecule has 0 aliphatic carbocycles. The summed E-state index contributed by atoms with van der Waals surface area (Å²) in [5.74, 6) is 0.429. The number of carbonyl (C=O) groups excluding carboxylic acids is 2. The molecule has 4 rings (SSSR count). The van der Waals surface area contributed by atoms with Crippen LogP contribution in [0.2, 0.25) is 0 Å². The molecular formula is C24H23N5O3. The van der Waals surface area contributed by atoms with Crippen LogP contribution in [0, 0.1) is 13.8 Å². The summed E-state index contributed by atoms with van der Waals surface area (Å²) in [6, 6.07) is 19.8. The Balaban J connectivity index is 1.39. The third-order valence-electron chi connectivity index (χ3n) is 4.92. The van der Waals surface area contributed by atoms with Crippen LogP contribution >= 0.6 is 0 Å². The van der Waals surface area contributed by atoms with Crippen LogP contribution in [0.15, 0.2) is 77.4 Å². The molecule has 4 aromatic rings. The number of furan rings is 1. The van der Waals surface area contributed by atoms with Gasteiger partial charge >= 0.3 is 6.03 Å². The van der Waals surface area contributed by atoms with E-state index >= 15 is 0 Å². The summed E-state index contributed by atoms with van der Waals surface area (Å²) in [4.78, 5) is 24.9. The van der Waals surface area contributed by atoms with Gasteiger partial charge in [0.25, 0.3) is 5.91 Å². The molecule has 0 aliphatic heterocycles. The predicted octanol–water partition coefficient (Wildman–Crippen LogP) is 4.66. The van der Waals surface area contributed by atoms with Gasteiger partial charge in [-0.25, -0.2) is 9.48 Å². The molecule has 8 heteroatoms. The van der Waals surface area contributed by atoms with Crippen molar-refractivity contribution in [3.63, 3.8) is 0 Å². The zero-order valence-corrected chi connectivity index (χ0v) is 17.8. The van der Waals surface area contributed by atoms with Gasteiger partial charge in [0.05, 0.1) is 35.4 Å². The monoisotopic (exact) mass is 429 g/mol. The van der Waals surface area contributed by atoms with Gasteiger partial charge in [-0.1, -0.05) is 18.2 Å². The first-order valence-electron chi connectivity index (χ1n) is 10.1. The highest BCUT2D eigenvalue weighted by Gasteiger charge is 2.19. The Kier molecular flexibility index (Phi) is 6.03. The summed E-state index contributed by atoms with van der Waals surface area (Å²) in [5.41, 5.74) is 4.06. The second kappa shape index (κ2) is 9.22. The molecule has 32 heavy (non-hydrogen) atoms. The van der Waals surface area contributed by atoms with Crippen molar-refractivity contribution in [1.82, 2.24) is 15.1 Å². The van der Waals surface area contributed by atoms with Crippen LogP contribution in [-0.2, 0) is 6.54 Å². The first-order chi connectivity index (χ1) is 15.5. The van der Waals surface area contributed by atoms with Gasteiger partial charge in [0.1, 0.15) is 5.76 Å². The van der Waals surface area contributed by atoms with Crippen molar-refractivity contribution in [2.24, 2.45) is 0 Å². The molecule has 0 saturated carbocycles. The Morgan fingerprint density at radius 2 is 1.59 bits per heavy atom. The number of aromatic nitrogens is 2. The quantitative estimate of drug-likeness (QED) is 0.415. The van der Waals surface area contributed by atoms with Crippen LogP contribution < -0.4 is 16.0 Å². The van der Waals surface area contributed by atoms with Crippen molar-refractivity contribution in [3.8, 4) is 5.69 Å². The largest absolute Gasteiger partial charge is 0.467 e. The molecule has 162 valence electrons. The van der Waals surface area contributed by atoms with Gasteiger partial charge in [-0.05, 0) is 62.4 Å². The van der Waals surface area contributed by atoms with Gasteiger partial charge in [-0.3, -0.25) is 4.79 Å². The summed E-state index contributed by atoms with van der Waals surface area (Å²) in [6.07, 6.45) is 1.55. The number of urea groups is 1. The number of para-hydroxylation sites is 1. The fraction of sp³-hybridized carbons (Fsp3) is 0.125. The van der Waals surface area contributed by atoms with Gasteiger partial charge in [-0.2, -0.15) is 5.10 Å². The maximum Gasteiger partial charge on any atom is 0.319 e. The molecule has 0 fully saturated rings. The van der Waals surface area contributed by atoms with Crippen molar-refractivity contribution >= 4 is 23.3 Å². The van der Waals surface area contributed by atoms with E-state index in [9.17, 15) is 9.59 Å². The van der Waals surface area contributed by atoms with Gasteiger partial charge in [0, 0.05) is 11.4 Å². The molecule has 3 N–H and O–H groups in total. The van der Waals surface area contributed by atoms with Crippen LogP contribution in [0.5, 0.6) is 0 Å². The second-order valence-electron chi connectivity index (χ2n) is 7.21. The third kappa shape index (κ3) is 4.70. The van der Waals surface area contributed by atoms with Gasteiger partial charge in [-0.15, -0.1) is 0 Å². The van der Waals surface area contributed by atoms with Crippen molar-refractivity contribution in [2.75, 3.05) is 10.6 Å². The number of hydrogen-bond donors (Lipinski definition) is 3. The minimum Gasteiger partial charge on any atom is -0.467 e. The first kappa shape index (κ1) is 20.9. The number of carbonyl (C=O) groups is 2. The predicted molar refractivity (Wildman–Crippen MR) is 122 cm³/mol. The zero-order chi connectivity index (χ0) is 22.5. The van der Waals surface area contributed by atoms with E-state index in [-0.39, 0.29) is 11.9 Å². The molecule has 0 spiro atoms. The molecule has 8 nitrogen and oxygen atoms in total. The minimum absolute atomic E-state index is 0.237. The van der Waals surface area contributed by atoms with Crippen molar-refractivity contribution in [1.29, 1.82) is 0 Å². The van der Waals surface area contributed by atoms with Crippen LogP contribution in [0.25, 0.3) is 5.69 Å². The maximum absolute atomic E-state index is 12.9. The third-order valence-corrected chi connectivity index (χ3v) is 4.92. The highest BCUT2D eigenvalue weighted by atomic mass is 16.3. The number of anilines is 2. The fourth-order valence-corrected chi connectivity index (χ4v) is 3.38. The van der Waals surface area contributed by atoms with Gasteiger partial charge < -0.3 is 20.4 Å². The normalized spacial score (nSPS) is 10.6. The summed E-state index contributed by atoms with van der Waals surface area (Å²) in [5, 5.41) is 12.9. The van der Waals surface area contributed by atoms with Crippen LogP contribution in [0.3, 0.4) is 0 Å². The molecule has 0 unspecified atom stereocenters. The molecular weight excluding hydrogens is 406 g/mol. The molecule has 3 amide bonds. The highest BCUT2D eigenvalue weighted by Crippen LogP contribution is 2.20.